The van der Waals surface area contributed by atoms with Crippen molar-refractivity contribution in [3.05, 3.63) is 20.8 Å². The first kappa shape index (κ1) is 8.74. The fourth-order valence-corrected chi connectivity index (χ4v) is 2.11. The highest BCUT2D eigenvalue weighted by Gasteiger charge is 2.11. The number of hydrogen-bond donors (Lipinski definition) is 0. The van der Waals surface area contributed by atoms with Gasteiger partial charge >= 0.3 is 0 Å². The minimum atomic E-state index is 0.0399. The number of halogens is 1. The van der Waals surface area contributed by atoms with Crippen LogP contribution in [0.3, 0.4) is 0 Å². The molecule has 0 spiro atoms. The molecule has 1 heterocycles. The van der Waals surface area contributed by atoms with Crippen molar-refractivity contribution in [2.24, 2.45) is 0 Å². The summed E-state index contributed by atoms with van der Waals surface area (Å²) in [5.74, 6) is 0.0399. The molecule has 0 aliphatic heterocycles. The molecule has 0 saturated carbocycles. The largest absolute Gasteiger partial charge is 0.345 e. The molecule has 11 heavy (non-hydrogen) atoms. The molecule has 0 fully saturated rings. The number of rotatable bonds is 1. The zero-order chi connectivity index (χ0) is 8.43. The second-order valence-electron chi connectivity index (χ2n) is 2.33. The SMILES string of the molecule is CN(C)C(=O)c1cscc1Br. The monoisotopic (exact) mass is 233 g/mol. The number of amides is 1. The standard InChI is InChI=1S/C7H8BrNOS/c1-9(2)7(10)5-3-11-4-6(5)8/h3-4H,1-2H3. The maximum atomic E-state index is 11.3. The molecular weight excluding hydrogens is 226 g/mol. The van der Waals surface area contributed by atoms with Crippen LogP contribution in [0.25, 0.3) is 0 Å². The first-order chi connectivity index (χ1) is 5.13. The molecule has 1 aromatic heterocycles. The van der Waals surface area contributed by atoms with E-state index in [4.69, 9.17) is 0 Å². The van der Waals surface area contributed by atoms with Crippen molar-refractivity contribution in [3.63, 3.8) is 0 Å². The van der Waals surface area contributed by atoms with Crippen LogP contribution in [0, 0.1) is 0 Å². The van der Waals surface area contributed by atoms with Gasteiger partial charge in [-0.15, -0.1) is 0 Å². The van der Waals surface area contributed by atoms with Gasteiger partial charge in [-0.1, -0.05) is 0 Å². The van der Waals surface area contributed by atoms with Crippen molar-refractivity contribution in [1.29, 1.82) is 0 Å². The Bertz CT molecular complexity index is 269. The Labute approximate surface area is 78.0 Å². The van der Waals surface area contributed by atoms with Crippen molar-refractivity contribution in [1.82, 2.24) is 4.90 Å². The molecule has 0 bridgehead atoms. The molecule has 60 valence electrons. The zero-order valence-electron chi connectivity index (χ0n) is 6.30. The summed E-state index contributed by atoms with van der Waals surface area (Å²) in [6.45, 7) is 0. The van der Waals surface area contributed by atoms with Crippen LogP contribution in [0.5, 0.6) is 0 Å². The lowest BCUT2D eigenvalue weighted by Gasteiger charge is -2.08. The van der Waals surface area contributed by atoms with Gasteiger partial charge in [0.25, 0.3) is 5.91 Å². The van der Waals surface area contributed by atoms with Gasteiger partial charge in [0.2, 0.25) is 0 Å². The van der Waals surface area contributed by atoms with E-state index in [0.29, 0.717) is 0 Å². The van der Waals surface area contributed by atoms with E-state index in [1.54, 1.807) is 19.0 Å². The van der Waals surface area contributed by atoms with Gasteiger partial charge in [0.1, 0.15) is 0 Å². The van der Waals surface area contributed by atoms with Crippen LogP contribution < -0.4 is 0 Å². The van der Waals surface area contributed by atoms with Crippen LogP contribution >= 0.6 is 27.3 Å². The summed E-state index contributed by atoms with van der Waals surface area (Å²) in [6.07, 6.45) is 0. The highest BCUT2D eigenvalue weighted by Crippen LogP contribution is 2.21. The van der Waals surface area contributed by atoms with Gasteiger partial charge in [0.05, 0.1) is 5.56 Å². The van der Waals surface area contributed by atoms with Crippen LogP contribution in [0.1, 0.15) is 10.4 Å². The highest BCUT2D eigenvalue weighted by atomic mass is 79.9. The molecule has 0 unspecified atom stereocenters. The fraction of sp³-hybridized carbons (Fsp3) is 0.286. The topological polar surface area (TPSA) is 20.3 Å². The average molecular weight is 234 g/mol. The van der Waals surface area contributed by atoms with Gasteiger partial charge in [0.15, 0.2) is 0 Å². The Morgan fingerprint density at radius 3 is 2.55 bits per heavy atom. The molecule has 0 saturated heterocycles. The van der Waals surface area contributed by atoms with E-state index in [2.05, 4.69) is 15.9 Å². The molecule has 4 heteroatoms. The van der Waals surface area contributed by atoms with E-state index in [-0.39, 0.29) is 5.91 Å². The van der Waals surface area contributed by atoms with Gasteiger partial charge in [-0.2, -0.15) is 11.3 Å². The van der Waals surface area contributed by atoms with Gasteiger partial charge in [-0.25, -0.2) is 0 Å². The number of carbonyl (C=O) groups excluding carboxylic acids is 1. The van der Waals surface area contributed by atoms with E-state index in [1.165, 1.54) is 11.3 Å². The minimum absolute atomic E-state index is 0.0399. The predicted molar refractivity (Wildman–Crippen MR) is 50.0 cm³/mol. The van der Waals surface area contributed by atoms with Gasteiger partial charge < -0.3 is 4.90 Å². The molecular formula is C7H8BrNOS. The second kappa shape index (κ2) is 3.36. The second-order valence-corrected chi connectivity index (χ2v) is 3.93. The average Bonchev–Trinajstić information content (AvgIpc) is 2.33. The highest BCUT2D eigenvalue weighted by molar-refractivity contribution is 9.10. The van der Waals surface area contributed by atoms with Crippen LogP contribution in [0.2, 0.25) is 0 Å². The van der Waals surface area contributed by atoms with Crippen molar-refractivity contribution in [3.8, 4) is 0 Å². The maximum absolute atomic E-state index is 11.3. The molecule has 0 aliphatic rings. The van der Waals surface area contributed by atoms with Crippen molar-refractivity contribution < 1.29 is 4.79 Å². The first-order valence-corrected chi connectivity index (χ1v) is 4.80. The molecule has 0 N–H and O–H groups in total. The minimum Gasteiger partial charge on any atom is -0.345 e. The third kappa shape index (κ3) is 1.81. The number of nitrogens with zero attached hydrogens (tertiary/aromatic N) is 1. The predicted octanol–water partition coefficient (Wildman–Crippen LogP) is 2.21. The first-order valence-electron chi connectivity index (χ1n) is 3.06. The summed E-state index contributed by atoms with van der Waals surface area (Å²) in [6, 6.07) is 0. The Kier molecular flexibility index (Phi) is 2.67. The normalized spacial score (nSPS) is 9.73. The van der Waals surface area contributed by atoms with E-state index in [0.717, 1.165) is 10.0 Å². The third-order valence-electron chi connectivity index (χ3n) is 1.25. The zero-order valence-corrected chi connectivity index (χ0v) is 8.70. The van der Waals surface area contributed by atoms with Crippen molar-refractivity contribution >= 4 is 33.2 Å². The number of thiophene rings is 1. The summed E-state index contributed by atoms with van der Waals surface area (Å²) < 4.78 is 0.876. The van der Waals surface area contributed by atoms with E-state index >= 15 is 0 Å². The summed E-state index contributed by atoms with van der Waals surface area (Å²) in [4.78, 5) is 12.9. The summed E-state index contributed by atoms with van der Waals surface area (Å²) in [5, 5.41) is 3.74. The van der Waals surface area contributed by atoms with Crippen LogP contribution in [0.15, 0.2) is 15.2 Å². The molecule has 0 atom stereocenters. The summed E-state index contributed by atoms with van der Waals surface area (Å²) in [5.41, 5.74) is 0.736. The third-order valence-corrected chi connectivity index (χ3v) is 2.95. The summed E-state index contributed by atoms with van der Waals surface area (Å²) >= 11 is 4.82. The Hall–Kier alpha value is -0.350. The van der Waals surface area contributed by atoms with Gasteiger partial charge in [-0.3, -0.25) is 4.79 Å². The van der Waals surface area contributed by atoms with Crippen LogP contribution in [-0.2, 0) is 0 Å². The lowest BCUT2D eigenvalue weighted by molar-refractivity contribution is 0.0827. The quantitative estimate of drug-likeness (QED) is 0.729. The molecule has 2 nitrogen and oxygen atoms in total. The number of carbonyl (C=O) groups is 1. The molecule has 1 aromatic rings. The Morgan fingerprint density at radius 2 is 2.18 bits per heavy atom. The van der Waals surface area contributed by atoms with Crippen molar-refractivity contribution in [2.45, 2.75) is 0 Å². The van der Waals surface area contributed by atoms with Crippen molar-refractivity contribution in [2.75, 3.05) is 14.1 Å². The smallest absolute Gasteiger partial charge is 0.255 e. The van der Waals surface area contributed by atoms with Crippen LogP contribution in [-0.4, -0.2) is 24.9 Å². The molecule has 1 amide bonds. The van der Waals surface area contributed by atoms with E-state index in [9.17, 15) is 4.79 Å². The van der Waals surface area contributed by atoms with E-state index in [1.807, 2.05) is 10.8 Å². The molecule has 1 rings (SSSR count). The van der Waals surface area contributed by atoms with Gasteiger partial charge in [-0.05, 0) is 15.9 Å². The molecule has 0 radical (unpaired) electrons. The molecule has 0 aliphatic carbocycles. The lowest BCUT2D eigenvalue weighted by Crippen LogP contribution is -2.21. The molecule has 0 aromatic carbocycles. The van der Waals surface area contributed by atoms with Crippen LogP contribution in [0.4, 0.5) is 0 Å². The maximum Gasteiger partial charge on any atom is 0.255 e. The Morgan fingerprint density at radius 1 is 1.55 bits per heavy atom. The number of hydrogen-bond acceptors (Lipinski definition) is 2. The lowest BCUT2D eigenvalue weighted by atomic mass is 10.3. The Balaban J connectivity index is 2.93. The van der Waals surface area contributed by atoms with E-state index < -0.39 is 0 Å². The van der Waals surface area contributed by atoms with Gasteiger partial charge in [0, 0.05) is 29.3 Å². The fourth-order valence-electron chi connectivity index (χ4n) is 0.675. The summed E-state index contributed by atoms with van der Waals surface area (Å²) in [7, 11) is 3.48.